The molecule has 1 aliphatic rings. The van der Waals surface area contributed by atoms with E-state index in [4.69, 9.17) is 4.52 Å². The molecule has 2 aromatic rings. The van der Waals surface area contributed by atoms with Crippen LogP contribution in [0.25, 0.3) is 0 Å². The number of rotatable bonds is 6. The third kappa shape index (κ3) is 3.27. The smallest absolute Gasteiger partial charge is 0.228 e. The molecular formula is C15H21N3OS. The molecule has 20 heavy (non-hydrogen) atoms. The third-order valence-electron chi connectivity index (χ3n) is 4.16. The van der Waals surface area contributed by atoms with E-state index in [1.54, 1.807) is 11.3 Å². The summed E-state index contributed by atoms with van der Waals surface area (Å²) in [4.78, 5) is 5.81. The van der Waals surface area contributed by atoms with Gasteiger partial charge in [0.1, 0.15) is 0 Å². The van der Waals surface area contributed by atoms with E-state index in [1.807, 2.05) is 7.05 Å². The molecule has 3 rings (SSSR count). The Hall–Kier alpha value is -1.20. The average molecular weight is 291 g/mol. The van der Waals surface area contributed by atoms with Crippen molar-refractivity contribution < 1.29 is 4.52 Å². The van der Waals surface area contributed by atoms with E-state index in [0.717, 1.165) is 30.5 Å². The van der Waals surface area contributed by atoms with Gasteiger partial charge in [0, 0.05) is 23.8 Å². The molecule has 1 atom stereocenters. The fourth-order valence-corrected chi connectivity index (χ4v) is 3.77. The summed E-state index contributed by atoms with van der Waals surface area (Å²) in [6.45, 7) is 0. The summed E-state index contributed by atoms with van der Waals surface area (Å²) >= 11 is 1.73. The van der Waals surface area contributed by atoms with Crippen molar-refractivity contribution in [1.29, 1.82) is 0 Å². The van der Waals surface area contributed by atoms with E-state index in [-0.39, 0.29) is 0 Å². The van der Waals surface area contributed by atoms with Crippen molar-refractivity contribution in [3.8, 4) is 0 Å². The van der Waals surface area contributed by atoms with Gasteiger partial charge in [-0.2, -0.15) is 4.98 Å². The quantitative estimate of drug-likeness (QED) is 0.889. The Balaban J connectivity index is 1.61. The van der Waals surface area contributed by atoms with Crippen molar-refractivity contribution in [2.24, 2.45) is 5.92 Å². The predicted molar refractivity (Wildman–Crippen MR) is 79.9 cm³/mol. The zero-order chi connectivity index (χ0) is 13.8. The molecule has 4 nitrogen and oxygen atoms in total. The standard InChI is InChI=1S/C15H21N3OS/c1-16-13(11-5-2-3-6-11)10-15-17-14(18-19-15)9-12-7-4-8-20-12/h4,7-8,11,13,16H,2-3,5-6,9-10H2,1H3. The summed E-state index contributed by atoms with van der Waals surface area (Å²) < 4.78 is 5.41. The van der Waals surface area contributed by atoms with Gasteiger partial charge in [0.25, 0.3) is 0 Å². The summed E-state index contributed by atoms with van der Waals surface area (Å²) in [6.07, 6.45) is 6.98. The van der Waals surface area contributed by atoms with Crippen LogP contribution in [-0.2, 0) is 12.8 Å². The lowest BCUT2D eigenvalue weighted by molar-refractivity contribution is 0.317. The van der Waals surface area contributed by atoms with Crippen LogP contribution in [-0.4, -0.2) is 23.2 Å². The first-order valence-electron chi connectivity index (χ1n) is 7.36. The van der Waals surface area contributed by atoms with E-state index in [0.29, 0.717) is 6.04 Å². The molecule has 1 N–H and O–H groups in total. The molecule has 1 saturated carbocycles. The molecule has 0 bridgehead atoms. The topological polar surface area (TPSA) is 51.0 Å². The van der Waals surface area contributed by atoms with Gasteiger partial charge in [0.15, 0.2) is 5.82 Å². The van der Waals surface area contributed by atoms with Gasteiger partial charge in [-0.15, -0.1) is 11.3 Å². The fourth-order valence-electron chi connectivity index (χ4n) is 3.07. The van der Waals surface area contributed by atoms with Crippen molar-refractivity contribution in [2.45, 2.75) is 44.6 Å². The minimum Gasteiger partial charge on any atom is -0.339 e. The second-order valence-electron chi connectivity index (χ2n) is 5.50. The van der Waals surface area contributed by atoms with Gasteiger partial charge < -0.3 is 9.84 Å². The number of hydrogen-bond donors (Lipinski definition) is 1. The Morgan fingerprint density at radius 2 is 2.30 bits per heavy atom. The molecule has 0 radical (unpaired) electrons. The van der Waals surface area contributed by atoms with Gasteiger partial charge >= 0.3 is 0 Å². The lowest BCUT2D eigenvalue weighted by Gasteiger charge is -2.20. The Morgan fingerprint density at radius 1 is 1.45 bits per heavy atom. The fraction of sp³-hybridized carbons (Fsp3) is 0.600. The molecule has 1 fully saturated rings. The molecule has 0 saturated heterocycles. The lowest BCUT2D eigenvalue weighted by atomic mass is 9.95. The molecule has 0 aromatic carbocycles. The average Bonchev–Trinajstić information content (AvgIpc) is 3.19. The van der Waals surface area contributed by atoms with E-state index < -0.39 is 0 Å². The van der Waals surface area contributed by atoms with Crippen LogP contribution in [0.5, 0.6) is 0 Å². The van der Waals surface area contributed by atoms with E-state index >= 15 is 0 Å². The van der Waals surface area contributed by atoms with E-state index in [9.17, 15) is 0 Å². The summed E-state index contributed by atoms with van der Waals surface area (Å²) in [7, 11) is 2.03. The van der Waals surface area contributed by atoms with Crippen LogP contribution in [0.3, 0.4) is 0 Å². The Bertz CT molecular complexity index is 517. The van der Waals surface area contributed by atoms with Crippen LogP contribution >= 0.6 is 11.3 Å². The molecule has 0 amide bonds. The zero-order valence-corrected chi connectivity index (χ0v) is 12.7. The lowest BCUT2D eigenvalue weighted by Crippen LogP contribution is -2.34. The normalized spacial score (nSPS) is 17.6. The van der Waals surface area contributed by atoms with Gasteiger partial charge in [0.05, 0.1) is 0 Å². The molecule has 0 spiro atoms. The predicted octanol–water partition coefficient (Wildman–Crippen LogP) is 3.04. The molecule has 108 valence electrons. The van der Waals surface area contributed by atoms with Gasteiger partial charge in [0.2, 0.25) is 5.89 Å². The van der Waals surface area contributed by atoms with Crippen molar-refractivity contribution >= 4 is 11.3 Å². The Morgan fingerprint density at radius 3 is 3.00 bits per heavy atom. The minimum atomic E-state index is 0.465. The first-order valence-corrected chi connectivity index (χ1v) is 8.24. The number of nitrogens with zero attached hydrogens (tertiary/aromatic N) is 2. The second-order valence-corrected chi connectivity index (χ2v) is 6.54. The number of thiophene rings is 1. The summed E-state index contributed by atoms with van der Waals surface area (Å²) in [6, 6.07) is 4.63. The van der Waals surface area contributed by atoms with Crippen molar-refractivity contribution in [1.82, 2.24) is 15.5 Å². The first-order chi connectivity index (χ1) is 9.85. The highest BCUT2D eigenvalue weighted by atomic mass is 32.1. The molecule has 5 heteroatoms. The molecule has 2 heterocycles. The summed E-state index contributed by atoms with van der Waals surface area (Å²) in [5, 5.41) is 9.60. The number of nitrogens with one attached hydrogen (secondary N) is 1. The van der Waals surface area contributed by atoms with Gasteiger partial charge in [-0.1, -0.05) is 24.1 Å². The summed E-state index contributed by atoms with van der Waals surface area (Å²) in [5.74, 6) is 2.32. The zero-order valence-electron chi connectivity index (χ0n) is 11.8. The van der Waals surface area contributed by atoms with Gasteiger partial charge in [-0.25, -0.2) is 0 Å². The minimum absolute atomic E-state index is 0.465. The van der Waals surface area contributed by atoms with E-state index in [1.165, 1.54) is 30.6 Å². The molecule has 2 aromatic heterocycles. The maximum Gasteiger partial charge on any atom is 0.228 e. The van der Waals surface area contributed by atoms with Gasteiger partial charge in [-0.3, -0.25) is 0 Å². The largest absolute Gasteiger partial charge is 0.339 e. The van der Waals surface area contributed by atoms with Crippen LogP contribution in [0, 0.1) is 5.92 Å². The number of likely N-dealkylation sites (N-methyl/N-ethyl adjacent to an activating group) is 1. The van der Waals surface area contributed by atoms with Crippen LogP contribution in [0.15, 0.2) is 22.0 Å². The maximum absolute atomic E-state index is 5.41. The van der Waals surface area contributed by atoms with Crippen LogP contribution in [0.4, 0.5) is 0 Å². The summed E-state index contributed by atoms with van der Waals surface area (Å²) in [5.41, 5.74) is 0. The van der Waals surface area contributed by atoms with Crippen LogP contribution in [0.1, 0.15) is 42.3 Å². The van der Waals surface area contributed by atoms with Crippen molar-refractivity contribution in [3.63, 3.8) is 0 Å². The van der Waals surface area contributed by atoms with Crippen LogP contribution < -0.4 is 5.32 Å². The monoisotopic (exact) mass is 291 g/mol. The second kappa shape index (κ2) is 6.50. The van der Waals surface area contributed by atoms with E-state index in [2.05, 4.69) is 33.0 Å². The highest BCUT2D eigenvalue weighted by Crippen LogP contribution is 2.29. The molecular weight excluding hydrogens is 270 g/mol. The highest BCUT2D eigenvalue weighted by molar-refractivity contribution is 7.09. The first kappa shape index (κ1) is 13.8. The number of hydrogen-bond acceptors (Lipinski definition) is 5. The Kier molecular flexibility index (Phi) is 4.47. The molecule has 1 aliphatic carbocycles. The van der Waals surface area contributed by atoms with Crippen molar-refractivity contribution in [2.75, 3.05) is 7.05 Å². The van der Waals surface area contributed by atoms with Gasteiger partial charge in [-0.05, 0) is 37.3 Å². The Labute approximate surface area is 123 Å². The van der Waals surface area contributed by atoms with Crippen LogP contribution in [0.2, 0.25) is 0 Å². The number of aromatic nitrogens is 2. The highest BCUT2D eigenvalue weighted by Gasteiger charge is 2.25. The SMILES string of the molecule is CNC(Cc1nc(Cc2cccs2)no1)C1CCCC1. The van der Waals surface area contributed by atoms with Crippen molar-refractivity contribution in [3.05, 3.63) is 34.1 Å². The molecule has 0 aliphatic heterocycles. The molecule has 1 unspecified atom stereocenters. The maximum atomic E-state index is 5.41. The third-order valence-corrected chi connectivity index (χ3v) is 5.03.